The summed E-state index contributed by atoms with van der Waals surface area (Å²) in [7, 11) is -3.40. The van der Waals surface area contributed by atoms with E-state index in [-0.39, 0.29) is 5.75 Å². The Balaban J connectivity index is 1.69. The van der Waals surface area contributed by atoms with E-state index in [1.165, 1.54) is 0 Å². The first-order valence-corrected chi connectivity index (χ1v) is 8.92. The van der Waals surface area contributed by atoms with Gasteiger partial charge in [0, 0.05) is 12.4 Å². The van der Waals surface area contributed by atoms with Gasteiger partial charge in [-0.2, -0.15) is 5.10 Å². The van der Waals surface area contributed by atoms with Crippen LogP contribution in [0.1, 0.15) is 5.56 Å². The second-order valence-electron chi connectivity index (χ2n) is 5.16. The molecule has 0 amide bonds. The predicted octanol–water partition coefficient (Wildman–Crippen LogP) is 2.86. The van der Waals surface area contributed by atoms with Gasteiger partial charge in [-0.15, -0.1) is 0 Å². The standard InChI is InChI=1S/C17H17N3O2S/c21-23(22,13-10-15-6-2-1-3-7-15)19-16-8-4-9-17(14-16)20-12-5-11-18-20/h1-9,11-12,14,19H,10,13H2. The molecule has 2 aromatic carbocycles. The van der Waals surface area contributed by atoms with Crippen LogP contribution in [0.2, 0.25) is 0 Å². The lowest BCUT2D eigenvalue weighted by atomic mass is 10.2. The topological polar surface area (TPSA) is 64.0 Å². The van der Waals surface area contributed by atoms with Crippen LogP contribution in [-0.4, -0.2) is 24.0 Å². The van der Waals surface area contributed by atoms with Crippen LogP contribution >= 0.6 is 0 Å². The Morgan fingerprint density at radius 1 is 1.00 bits per heavy atom. The number of anilines is 1. The number of nitrogens with one attached hydrogen (secondary N) is 1. The van der Waals surface area contributed by atoms with Crippen LogP contribution in [0.25, 0.3) is 5.69 Å². The minimum absolute atomic E-state index is 0.0447. The van der Waals surface area contributed by atoms with Crippen molar-refractivity contribution in [1.29, 1.82) is 0 Å². The van der Waals surface area contributed by atoms with Gasteiger partial charge >= 0.3 is 0 Å². The summed E-state index contributed by atoms with van der Waals surface area (Å²) >= 11 is 0. The van der Waals surface area contributed by atoms with E-state index in [0.29, 0.717) is 12.1 Å². The van der Waals surface area contributed by atoms with Gasteiger partial charge in [0.1, 0.15) is 0 Å². The van der Waals surface area contributed by atoms with E-state index in [0.717, 1.165) is 11.3 Å². The van der Waals surface area contributed by atoms with E-state index in [2.05, 4.69) is 9.82 Å². The highest BCUT2D eigenvalue weighted by Gasteiger charge is 2.11. The summed E-state index contributed by atoms with van der Waals surface area (Å²) in [6.07, 6.45) is 3.97. The average Bonchev–Trinajstić information content (AvgIpc) is 3.08. The molecule has 118 valence electrons. The first kappa shape index (κ1) is 15.3. The normalized spacial score (nSPS) is 11.3. The minimum Gasteiger partial charge on any atom is -0.283 e. The summed E-state index contributed by atoms with van der Waals surface area (Å²) in [6, 6.07) is 18.5. The molecule has 1 aromatic heterocycles. The second kappa shape index (κ2) is 6.66. The van der Waals surface area contributed by atoms with E-state index in [9.17, 15) is 8.42 Å². The molecule has 6 heteroatoms. The predicted molar refractivity (Wildman–Crippen MR) is 91.1 cm³/mol. The summed E-state index contributed by atoms with van der Waals surface area (Å²) in [6.45, 7) is 0. The third-order valence-electron chi connectivity index (χ3n) is 3.39. The monoisotopic (exact) mass is 327 g/mol. The zero-order valence-corrected chi connectivity index (χ0v) is 13.3. The van der Waals surface area contributed by atoms with Crippen LogP contribution in [0.15, 0.2) is 73.1 Å². The number of sulfonamides is 1. The number of aryl methyl sites for hydroxylation is 1. The molecule has 0 saturated carbocycles. The van der Waals surface area contributed by atoms with Gasteiger partial charge in [0.05, 0.1) is 17.1 Å². The van der Waals surface area contributed by atoms with Gasteiger partial charge < -0.3 is 0 Å². The fourth-order valence-electron chi connectivity index (χ4n) is 2.26. The second-order valence-corrected chi connectivity index (χ2v) is 7.00. The smallest absolute Gasteiger partial charge is 0.233 e. The first-order valence-electron chi connectivity index (χ1n) is 7.27. The van der Waals surface area contributed by atoms with Crippen LogP contribution in [-0.2, 0) is 16.4 Å². The van der Waals surface area contributed by atoms with Crippen molar-refractivity contribution in [2.45, 2.75) is 6.42 Å². The molecule has 0 aliphatic rings. The summed E-state index contributed by atoms with van der Waals surface area (Å²) in [5.41, 5.74) is 2.34. The molecule has 0 aliphatic heterocycles. The van der Waals surface area contributed by atoms with Crippen LogP contribution in [0, 0.1) is 0 Å². The highest BCUT2D eigenvalue weighted by molar-refractivity contribution is 7.92. The largest absolute Gasteiger partial charge is 0.283 e. The number of hydrogen-bond acceptors (Lipinski definition) is 3. The number of aromatic nitrogens is 2. The third kappa shape index (κ3) is 4.20. The molecular formula is C17H17N3O2S. The molecule has 0 aliphatic carbocycles. The van der Waals surface area contributed by atoms with Crippen molar-refractivity contribution in [3.8, 4) is 5.69 Å². The van der Waals surface area contributed by atoms with Crippen molar-refractivity contribution in [2.75, 3.05) is 10.5 Å². The molecule has 0 unspecified atom stereocenters. The van der Waals surface area contributed by atoms with Gasteiger partial charge in [0.15, 0.2) is 0 Å². The van der Waals surface area contributed by atoms with Crippen LogP contribution in [0.5, 0.6) is 0 Å². The Morgan fingerprint density at radius 3 is 2.57 bits per heavy atom. The van der Waals surface area contributed by atoms with Crippen molar-refractivity contribution in [3.05, 3.63) is 78.6 Å². The molecule has 0 saturated heterocycles. The molecule has 1 heterocycles. The number of hydrogen-bond donors (Lipinski definition) is 1. The van der Waals surface area contributed by atoms with Gasteiger partial charge in [-0.25, -0.2) is 13.1 Å². The zero-order chi connectivity index (χ0) is 16.1. The molecule has 3 rings (SSSR count). The van der Waals surface area contributed by atoms with Gasteiger partial charge in [0.2, 0.25) is 10.0 Å². The van der Waals surface area contributed by atoms with E-state index in [4.69, 9.17) is 0 Å². The zero-order valence-electron chi connectivity index (χ0n) is 12.5. The number of rotatable bonds is 6. The minimum atomic E-state index is -3.40. The van der Waals surface area contributed by atoms with E-state index >= 15 is 0 Å². The molecule has 0 atom stereocenters. The van der Waals surface area contributed by atoms with Gasteiger partial charge in [-0.05, 0) is 36.2 Å². The fraction of sp³-hybridized carbons (Fsp3) is 0.118. The van der Waals surface area contributed by atoms with E-state index in [1.807, 2.05) is 48.7 Å². The van der Waals surface area contributed by atoms with Gasteiger partial charge in [-0.1, -0.05) is 36.4 Å². The molecule has 0 fully saturated rings. The Hall–Kier alpha value is -2.60. The van der Waals surface area contributed by atoms with Gasteiger partial charge in [0.25, 0.3) is 0 Å². The molecule has 0 spiro atoms. The average molecular weight is 327 g/mol. The molecule has 0 radical (unpaired) electrons. The third-order valence-corrected chi connectivity index (χ3v) is 4.68. The van der Waals surface area contributed by atoms with Crippen LogP contribution in [0.3, 0.4) is 0 Å². The lowest BCUT2D eigenvalue weighted by Crippen LogP contribution is -2.18. The quantitative estimate of drug-likeness (QED) is 0.757. The summed E-state index contributed by atoms with van der Waals surface area (Å²) in [5, 5.41) is 4.14. The van der Waals surface area contributed by atoms with Crippen molar-refractivity contribution >= 4 is 15.7 Å². The lowest BCUT2D eigenvalue weighted by molar-refractivity contribution is 0.600. The Labute approximate surface area is 135 Å². The maximum atomic E-state index is 12.2. The SMILES string of the molecule is O=S(=O)(CCc1ccccc1)Nc1cccc(-n2cccn2)c1. The maximum absolute atomic E-state index is 12.2. The number of nitrogens with zero attached hydrogens (tertiary/aromatic N) is 2. The number of benzene rings is 2. The summed E-state index contributed by atoms with van der Waals surface area (Å²) < 4.78 is 28.8. The molecule has 1 N–H and O–H groups in total. The van der Waals surface area contributed by atoms with Crippen molar-refractivity contribution in [3.63, 3.8) is 0 Å². The molecule has 3 aromatic rings. The summed E-state index contributed by atoms with van der Waals surface area (Å²) in [5.74, 6) is 0.0447. The van der Waals surface area contributed by atoms with E-state index < -0.39 is 10.0 Å². The van der Waals surface area contributed by atoms with Crippen molar-refractivity contribution < 1.29 is 8.42 Å². The highest BCUT2D eigenvalue weighted by Crippen LogP contribution is 2.15. The molecular weight excluding hydrogens is 310 g/mol. The molecule has 23 heavy (non-hydrogen) atoms. The maximum Gasteiger partial charge on any atom is 0.233 e. The first-order chi connectivity index (χ1) is 11.1. The Kier molecular flexibility index (Phi) is 4.43. The highest BCUT2D eigenvalue weighted by atomic mass is 32.2. The fourth-order valence-corrected chi connectivity index (χ4v) is 3.35. The molecule has 5 nitrogen and oxygen atoms in total. The molecule has 0 bridgehead atoms. The van der Waals surface area contributed by atoms with E-state index in [1.54, 1.807) is 29.1 Å². The Morgan fingerprint density at radius 2 is 1.83 bits per heavy atom. The van der Waals surface area contributed by atoms with Gasteiger partial charge in [-0.3, -0.25) is 4.72 Å². The van der Waals surface area contributed by atoms with Crippen molar-refractivity contribution in [2.24, 2.45) is 0 Å². The van der Waals surface area contributed by atoms with Crippen LogP contribution in [0.4, 0.5) is 5.69 Å². The van der Waals surface area contributed by atoms with Crippen LogP contribution < -0.4 is 4.72 Å². The summed E-state index contributed by atoms with van der Waals surface area (Å²) in [4.78, 5) is 0. The van der Waals surface area contributed by atoms with Crippen molar-refractivity contribution in [1.82, 2.24) is 9.78 Å². The lowest BCUT2D eigenvalue weighted by Gasteiger charge is -2.10. The Bertz CT molecular complexity index is 860.